The highest BCUT2D eigenvalue weighted by atomic mass is 16.5. The first-order valence-corrected chi connectivity index (χ1v) is 11.4. The summed E-state index contributed by atoms with van der Waals surface area (Å²) in [5.41, 5.74) is 1.76. The summed E-state index contributed by atoms with van der Waals surface area (Å²) in [6.07, 6.45) is -1.02. The van der Waals surface area contributed by atoms with E-state index < -0.39 is 11.6 Å². The predicted octanol–water partition coefficient (Wildman–Crippen LogP) is 6.00. The third-order valence-corrected chi connectivity index (χ3v) is 5.62. The molecule has 3 rings (SSSR count). The van der Waals surface area contributed by atoms with Crippen LogP contribution < -0.4 is 10.3 Å². The number of ether oxygens (including phenoxy) is 1. The Balaban J connectivity index is 2.44. The third-order valence-electron chi connectivity index (χ3n) is 5.62. The minimum absolute atomic E-state index is 0.105. The molecule has 1 N–H and O–H groups in total. The van der Waals surface area contributed by atoms with Crippen molar-refractivity contribution in [2.75, 3.05) is 6.61 Å². The van der Waals surface area contributed by atoms with Crippen molar-refractivity contribution in [2.45, 2.75) is 60.2 Å². The fourth-order valence-electron chi connectivity index (χ4n) is 4.12. The van der Waals surface area contributed by atoms with E-state index in [-0.39, 0.29) is 18.0 Å². The van der Waals surface area contributed by atoms with Crippen LogP contribution in [-0.2, 0) is 13.1 Å². The van der Waals surface area contributed by atoms with Crippen LogP contribution in [0.25, 0.3) is 21.9 Å². The number of amides is 1. The number of pyridine rings is 1. The van der Waals surface area contributed by atoms with Crippen LogP contribution in [0, 0.1) is 5.92 Å². The first kappa shape index (κ1) is 24.4. The highest BCUT2D eigenvalue weighted by Gasteiger charge is 2.29. The van der Waals surface area contributed by atoms with Crippen molar-refractivity contribution < 1.29 is 14.6 Å². The number of carbonyl (C=O) groups is 1. The quantitative estimate of drug-likeness (QED) is 0.479. The molecule has 0 unspecified atom stereocenters. The predicted molar refractivity (Wildman–Crippen MR) is 133 cm³/mol. The number of hydrogen-bond acceptors (Lipinski definition) is 3. The van der Waals surface area contributed by atoms with E-state index in [9.17, 15) is 14.7 Å². The molecule has 0 saturated heterocycles. The first-order chi connectivity index (χ1) is 15.5. The van der Waals surface area contributed by atoms with Crippen molar-refractivity contribution in [3.05, 3.63) is 64.6 Å². The summed E-state index contributed by atoms with van der Waals surface area (Å²) in [5, 5.41) is 11.4. The fourth-order valence-corrected chi connectivity index (χ4v) is 4.12. The summed E-state index contributed by atoms with van der Waals surface area (Å²) >= 11 is 0. The van der Waals surface area contributed by atoms with E-state index in [2.05, 4.69) is 13.8 Å². The van der Waals surface area contributed by atoms with E-state index >= 15 is 0 Å². The van der Waals surface area contributed by atoms with Crippen LogP contribution in [0.1, 0.15) is 47.2 Å². The second-order valence-corrected chi connectivity index (χ2v) is 9.68. The molecule has 2 aromatic carbocycles. The maximum absolute atomic E-state index is 13.8. The van der Waals surface area contributed by atoms with Gasteiger partial charge in [-0.15, -0.1) is 0 Å². The Morgan fingerprint density at radius 2 is 1.76 bits per heavy atom. The Bertz CT molecular complexity index is 1190. The molecule has 176 valence electrons. The fraction of sp³-hybridized carbons (Fsp3) is 0.407. The number of fused-ring (bicyclic) bond motifs is 1. The number of carboxylic acid groups (broad SMARTS) is 1. The lowest BCUT2D eigenvalue weighted by Gasteiger charge is -2.35. The standard InChI is InChI=1S/C27H34N2O4/c1-7-33-20-13-14-21-22(15-20)25(30)28(16-18(2)3)23(17-29(26(31)32)27(4,5)6)24(21)19-11-9-8-10-12-19/h8-15,18H,7,16-17H2,1-6H3,(H,31,32). The van der Waals surface area contributed by atoms with Crippen molar-refractivity contribution in [3.8, 4) is 16.9 Å². The van der Waals surface area contributed by atoms with Crippen LogP contribution in [0.4, 0.5) is 4.79 Å². The molecule has 0 radical (unpaired) electrons. The van der Waals surface area contributed by atoms with Crippen LogP contribution in [0.2, 0.25) is 0 Å². The lowest BCUT2D eigenvalue weighted by atomic mass is 9.95. The zero-order chi connectivity index (χ0) is 24.3. The van der Waals surface area contributed by atoms with Gasteiger partial charge in [-0.3, -0.25) is 9.69 Å². The van der Waals surface area contributed by atoms with Crippen LogP contribution in [-0.4, -0.2) is 32.8 Å². The monoisotopic (exact) mass is 450 g/mol. The highest BCUT2D eigenvalue weighted by Crippen LogP contribution is 2.34. The summed E-state index contributed by atoms with van der Waals surface area (Å²) in [6.45, 7) is 12.7. The molecule has 0 saturated carbocycles. The van der Waals surface area contributed by atoms with Crippen molar-refractivity contribution in [3.63, 3.8) is 0 Å². The second-order valence-electron chi connectivity index (χ2n) is 9.68. The molecular weight excluding hydrogens is 416 g/mol. The molecule has 0 aliphatic rings. The second kappa shape index (κ2) is 9.69. The summed E-state index contributed by atoms with van der Waals surface area (Å²) in [4.78, 5) is 27.4. The first-order valence-electron chi connectivity index (χ1n) is 11.4. The maximum atomic E-state index is 13.8. The molecule has 3 aromatic rings. The molecule has 1 aromatic heterocycles. The normalized spacial score (nSPS) is 11.7. The van der Waals surface area contributed by atoms with Crippen molar-refractivity contribution in [1.82, 2.24) is 9.47 Å². The molecule has 1 heterocycles. The Labute approximate surface area is 195 Å². The molecule has 6 heteroatoms. The van der Waals surface area contributed by atoms with Gasteiger partial charge in [-0.1, -0.05) is 44.2 Å². The van der Waals surface area contributed by atoms with Crippen LogP contribution in [0.15, 0.2) is 53.3 Å². The molecular formula is C27H34N2O4. The van der Waals surface area contributed by atoms with E-state index in [1.807, 2.05) is 70.2 Å². The third kappa shape index (κ3) is 5.21. The van der Waals surface area contributed by atoms with Gasteiger partial charge in [-0.05, 0) is 62.8 Å². The minimum Gasteiger partial charge on any atom is -0.494 e. The van der Waals surface area contributed by atoms with Gasteiger partial charge in [0.2, 0.25) is 0 Å². The van der Waals surface area contributed by atoms with Crippen LogP contribution in [0.3, 0.4) is 0 Å². The number of rotatable bonds is 7. The summed E-state index contributed by atoms with van der Waals surface area (Å²) in [6, 6.07) is 15.4. The number of aromatic nitrogens is 1. The van der Waals surface area contributed by atoms with Crippen LogP contribution in [0.5, 0.6) is 5.75 Å². The molecule has 0 aliphatic carbocycles. The maximum Gasteiger partial charge on any atom is 0.408 e. The number of benzene rings is 2. The van der Waals surface area contributed by atoms with E-state index in [0.29, 0.717) is 30.0 Å². The summed E-state index contributed by atoms with van der Waals surface area (Å²) in [5.74, 6) is 0.845. The largest absolute Gasteiger partial charge is 0.494 e. The average Bonchev–Trinajstić information content (AvgIpc) is 2.74. The van der Waals surface area contributed by atoms with Crippen LogP contribution >= 0.6 is 0 Å². The average molecular weight is 451 g/mol. The Hall–Kier alpha value is -3.28. The van der Waals surface area contributed by atoms with Gasteiger partial charge in [0, 0.05) is 23.3 Å². The van der Waals surface area contributed by atoms with Gasteiger partial charge in [0.05, 0.1) is 18.5 Å². The van der Waals surface area contributed by atoms with Gasteiger partial charge in [-0.2, -0.15) is 0 Å². The van der Waals surface area contributed by atoms with Crippen molar-refractivity contribution >= 4 is 16.9 Å². The van der Waals surface area contributed by atoms with Gasteiger partial charge in [0.25, 0.3) is 5.56 Å². The zero-order valence-electron chi connectivity index (χ0n) is 20.4. The molecule has 6 nitrogen and oxygen atoms in total. The van der Waals surface area contributed by atoms with E-state index in [0.717, 1.165) is 16.5 Å². The molecule has 0 aliphatic heterocycles. The highest BCUT2D eigenvalue weighted by molar-refractivity contribution is 5.98. The zero-order valence-corrected chi connectivity index (χ0v) is 20.4. The lowest BCUT2D eigenvalue weighted by Crippen LogP contribution is -2.45. The Morgan fingerprint density at radius 1 is 1.09 bits per heavy atom. The smallest absolute Gasteiger partial charge is 0.408 e. The van der Waals surface area contributed by atoms with E-state index in [1.165, 1.54) is 4.90 Å². The van der Waals surface area contributed by atoms with Gasteiger partial charge >= 0.3 is 6.09 Å². The van der Waals surface area contributed by atoms with Crippen molar-refractivity contribution in [2.24, 2.45) is 5.92 Å². The SMILES string of the molecule is CCOc1ccc2c(-c3ccccc3)c(CN(C(=O)O)C(C)(C)C)n(CC(C)C)c(=O)c2c1. The minimum atomic E-state index is -1.02. The summed E-state index contributed by atoms with van der Waals surface area (Å²) in [7, 11) is 0. The van der Waals surface area contributed by atoms with Gasteiger partial charge < -0.3 is 14.4 Å². The van der Waals surface area contributed by atoms with Gasteiger partial charge in [0.15, 0.2) is 0 Å². The number of nitrogens with zero attached hydrogens (tertiary/aromatic N) is 2. The van der Waals surface area contributed by atoms with Gasteiger partial charge in [-0.25, -0.2) is 4.79 Å². The van der Waals surface area contributed by atoms with Gasteiger partial charge in [0.1, 0.15) is 5.75 Å². The number of hydrogen-bond donors (Lipinski definition) is 1. The van der Waals surface area contributed by atoms with E-state index in [4.69, 9.17) is 4.74 Å². The lowest BCUT2D eigenvalue weighted by molar-refractivity contribution is 0.0937. The van der Waals surface area contributed by atoms with Crippen molar-refractivity contribution in [1.29, 1.82) is 0 Å². The molecule has 0 atom stereocenters. The molecule has 1 amide bonds. The molecule has 0 fully saturated rings. The molecule has 33 heavy (non-hydrogen) atoms. The van der Waals surface area contributed by atoms with E-state index in [1.54, 1.807) is 10.6 Å². The Kier molecular flexibility index (Phi) is 7.15. The molecule has 0 spiro atoms. The Morgan fingerprint density at radius 3 is 2.30 bits per heavy atom. The molecule has 0 bridgehead atoms. The topological polar surface area (TPSA) is 71.8 Å². The summed E-state index contributed by atoms with van der Waals surface area (Å²) < 4.78 is 7.43.